The smallest absolute Gasteiger partial charge is 0.160 e. The topological polar surface area (TPSA) is 25.8 Å². The standard InChI is InChI=1S/C53H32N2S2/c1-2-12-34(13-3-1)46-32-47(37-26-28-41-40-16-6-10-20-48(40)56-50(41)31-37)55-52(54-46)35-24-22-33(23-25-35)36-27-29-45-51(30-36)57-49-21-11-9-19-44(49)53(45)42-17-7-4-14-38(42)39-15-5-8-18-43(39)53/h1-32H. The molecule has 12 rings (SSSR count). The molecule has 8 aromatic carbocycles. The summed E-state index contributed by atoms with van der Waals surface area (Å²) in [7, 11) is 0. The fourth-order valence-corrected chi connectivity index (χ4v) is 11.6. The third kappa shape index (κ3) is 4.98. The first kappa shape index (κ1) is 32.6. The van der Waals surface area contributed by atoms with Crippen LogP contribution in [0.4, 0.5) is 0 Å². The van der Waals surface area contributed by atoms with Crippen LogP contribution < -0.4 is 0 Å². The van der Waals surface area contributed by atoms with Crippen LogP contribution in [0.2, 0.25) is 0 Å². The largest absolute Gasteiger partial charge is 0.228 e. The van der Waals surface area contributed by atoms with E-state index in [1.54, 1.807) is 0 Å². The highest BCUT2D eigenvalue weighted by Crippen LogP contribution is 2.62. The number of aromatic nitrogens is 2. The molecule has 0 amide bonds. The maximum absolute atomic E-state index is 5.21. The molecule has 0 atom stereocenters. The van der Waals surface area contributed by atoms with Crippen molar-refractivity contribution in [3.63, 3.8) is 0 Å². The Morgan fingerprint density at radius 1 is 0.351 bits per heavy atom. The van der Waals surface area contributed by atoms with E-state index in [9.17, 15) is 0 Å². The van der Waals surface area contributed by atoms with Gasteiger partial charge in [0.05, 0.1) is 16.8 Å². The fourth-order valence-electron chi connectivity index (χ4n) is 9.22. The molecule has 2 aliphatic rings. The maximum atomic E-state index is 5.21. The molecule has 0 unspecified atom stereocenters. The van der Waals surface area contributed by atoms with Crippen molar-refractivity contribution in [2.75, 3.05) is 0 Å². The third-order valence-electron chi connectivity index (χ3n) is 11.8. The second-order valence-electron chi connectivity index (χ2n) is 14.9. The van der Waals surface area contributed by atoms with Crippen molar-refractivity contribution in [2.45, 2.75) is 15.2 Å². The summed E-state index contributed by atoms with van der Waals surface area (Å²) in [6.45, 7) is 0. The molecule has 0 N–H and O–H groups in total. The van der Waals surface area contributed by atoms with Crippen molar-refractivity contribution in [2.24, 2.45) is 0 Å². The molecular weight excluding hydrogens is 729 g/mol. The van der Waals surface area contributed by atoms with Gasteiger partial charge in [-0.2, -0.15) is 0 Å². The van der Waals surface area contributed by atoms with Crippen LogP contribution in [0, 0.1) is 0 Å². The Kier molecular flexibility index (Phi) is 7.28. The van der Waals surface area contributed by atoms with Crippen molar-refractivity contribution in [3.8, 4) is 56.2 Å². The van der Waals surface area contributed by atoms with Crippen LogP contribution in [0.15, 0.2) is 204 Å². The lowest BCUT2D eigenvalue weighted by Crippen LogP contribution is -2.31. The van der Waals surface area contributed by atoms with Crippen LogP contribution in [0.25, 0.3) is 76.3 Å². The highest BCUT2D eigenvalue weighted by Gasteiger charge is 2.50. The number of hydrogen-bond donors (Lipinski definition) is 0. The van der Waals surface area contributed by atoms with Gasteiger partial charge in [-0.15, -0.1) is 11.3 Å². The number of benzene rings is 8. The molecule has 3 heterocycles. The first-order valence-electron chi connectivity index (χ1n) is 19.3. The monoisotopic (exact) mass is 760 g/mol. The van der Waals surface area contributed by atoms with Crippen molar-refractivity contribution in [1.82, 2.24) is 9.97 Å². The Hall–Kier alpha value is -6.59. The molecule has 2 nitrogen and oxygen atoms in total. The average Bonchev–Trinajstić information content (AvgIpc) is 3.80. The van der Waals surface area contributed by atoms with E-state index >= 15 is 0 Å². The predicted molar refractivity (Wildman–Crippen MR) is 238 cm³/mol. The summed E-state index contributed by atoms with van der Waals surface area (Å²) in [6.07, 6.45) is 0. The second-order valence-corrected chi connectivity index (χ2v) is 17.0. The van der Waals surface area contributed by atoms with E-state index in [0.29, 0.717) is 5.82 Å². The molecule has 10 aromatic rings. The van der Waals surface area contributed by atoms with E-state index in [1.165, 1.54) is 68.9 Å². The van der Waals surface area contributed by atoms with Crippen LogP contribution >= 0.6 is 23.1 Å². The molecule has 2 aromatic heterocycles. The predicted octanol–water partition coefficient (Wildman–Crippen LogP) is 14.3. The zero-order chi connectivity index (χ0) is 37.5. The van der Waals surface area contributed by atoms with Crippen LogP contribution in [-0.4, -0.2) is 9.97 Å². The Morgan fingerprint density at radius 3 is 1.72 bits per heavy atom. The molecule has 0 saturated carbocycles. The molecule has 0 fully saturated rings. The number of hydrogen-bond acceptors (Lipinski definition) is 4. The van der Waals surface area contributed by atoms with E-state index in [1.807, 2.05) is 29.2 Å². The summed E-state index contributed by atoms with van der Waals surface area (Å²) < 4.78 is 2.56. The van der Waals surface area contributed by atoms with Gasteiger partial charge in [-0.25, -0.2) is 9.97 Å². The van der Waals surface area contributed by atoms with Gasteiger partial charge in [0.15, 0.2) is 5.82 Å². The molecule has 0 saturated heterocycles. The van der Waals surface area contributed by atoms with Gasteiger partial charge < -0.3 is 0 Å². The SMILES string of the molecule is c1ccc(-c2cc(-c3ccc4c(c3)sc3ccccc34)nc(-c3ccc(-c4ccc5c(c4)Sc4ccccc4C54c5ccccc5-c5ccccc54)cc3)n2)cc1. The van der Waals surface area contributed by atoms with E-state index in [-0.39, 0.29) is 5.41 Å². The Labute approximate surface area is 339 Å². The summed E-state index contributed by atoms with van der Waals surface area (Å²) in [5.74, 6) is 0.715. The van der Waals surface area contributed by atoms with E-state index in [2.05, 4.69) is 188 Å². The molecule has 1 aliphatic heterocycles. The summed E-state index contributed by atoms with van der Waals surface area (Å²) in [6, 6.07) is 70.7. The first-order chi connectivity index (χ1) is 28.2. The average molecular weight is 761 g/mol. The lowest BCUT2D eigenvalue weighted by molar-refractivity contribution is 0.722. The minimum Gasteiger partial charge on any atom is -0.228 e. The van der Waals surface area contributed by atoms with Gasteiger partial charge >= 0.3 is 0 Å². The zero-order valence-electron chi connectivity index (χ0n) is 30.7. The van der Waals surface area contributed by atoms with Gasteiger partial charge in [0.25, 0.3) is 0 Å². The number of fused-ring (bicyclic) bond motifs is 12. The third-order valence-corrected chi connectivity index (χ3v) is 14.1. The number of rotatable bonds is 4. The Morgan fingerprint density at radius 2 is 0.930 bits per heavy atom. The molecular formula is C53H32N2S2. The lowest BCUT2D eigenvalue weighted by Gasteiger charge is -2.39. The molecule has 4 heteroatoms. The summed E-state index contributed by atoms with van der Waals surface area (Å²) in [5.41, 5.74) is 15.0. The van der Waals surface area contributed by atoms with Crippen molar-refractivity contribution in [3.05, 3.63) is 216 Å². The van der Waals surface area contributed by atoms with Crippen LogP contribution in [0.1, 0.15) is 22.3 Å². The highest BCUT2D eigenvalue weighted by atomic mass is 32.2. The Balaban J connectivity index is 0.953. The minimum absolute atomic E-state index is 0.368. The summed E-state index contributed by atoms with van der Waals surface area (Å²) >= 11 is 3.71. The van der Waals surface area contributed by atoms with Gasteiger partial charge in [0.2, 0.25) is 0 Å². The van der Waals surface area contributed by atoms with E-state index in [0.717, 1.165) is 33.6 Å². The minimum atomic E-state index is -0.368. The first-order valence-corrected chi connectivity index (χ1v) is 20.9. The second kappa shape index (κ2) is 12.7. The zero-order valence-corrected chi connectivity index (χ0v) is 32.3. The van der Waals surface area contributed by atoms with E-state index in [4.69, 9.17) is 9.97 Å². The van der Waals surface area contributed by atoms with E-state index < -0.39 is 0 Å². The van der Waals surface area contributed by atoms with Gasteiger partial charge in [-0.3, -0.25) is 0 Å². The van der Waals surface area contributed by atoms with Crippen molar-refractivity contribution >= 4 is 43.3 Å². The number of thiophene rings is 1. The normalized spacial score (nSPS) is 13.3. The lowest BCUT2D eigenvalue weighted by atomic mass is 9.67. The quantitative estimate of drug-likeness (QED) is 0.179. The Bertz CT molecular complexity index is 3170. The van der Waals surface area contributed by atoms with Crippen LogP contribution in [0.3, 0.4) is 0 Å². The molecule has 0 radical (unpaired) electrons. The van der Waals surface area contributed by atoms with Gasteiger partial charge in [-0.05, 0) is 74.8 Å². The van der Waals surface area contributed by atoms with Gasteiger partial charge in [0, 0.05) is 46.7 Å². The molecule has 1 aliphatic carbocycles. The molecule has 1 spiro atoms. The summed E-state index contributed by atoms with van der Waals surface area (Å²) in [5, 5.41) is 2.58. The highest BCUT2D eigenvalue weighted by molar-refractivity contribution is 7.99. The molecule has 57 heavy (non-hydrogen) atoms. The van der Waals surface area contributed by atoms with Crippen LogP contribution in [-0.2, 0) is 5.41 Å². The van der Waals surface area contributed by atoms with Crippen molar-refractivity contribution in [1.29, 1.82) is 0 Å². The molecule has 266 valence electrons. The van der Waals surface area contributed by atoms with Gasteiger partial charge in [-0.1, -0.05) is 176 Å². The van der Waals surface area contributed by atoms with Gasteiger partial charge in [0.1, 0.15) is 0 Å². The number of nitrogens with zero attached hydrogens (tertiary/aromatic N) is 2. The fraction of sp³-hybridized carbons (Fsp3) is 0.0189. The summed E-state index contributed by atoms with van der Waals surface area (Å²) in [4.78, 5) is 13.0. The van der Waals surface area contributed by atoms with Crippen LogP contribution in [0.5, 0.6) is 0 Å². The molecule has 0 bridgehead atoms. The van der Waals surface area contributed by atoms with Crippen molar-refractivity contribution < 1.29 is 0 Å². The maximum Gasteiger partial charge on any atom is 0.160 e.